The van der Waals surface area contributed by atoms with Crippen LogP contribution in [0.25, 0.3) is 0 Å². The maximum atomic E-state index is 12.1. The van der Waals surface area contributed by atoms with Crippen LogP contribution < -0.4 is 15.5 Å². The van der Waals surface area contributed by atoms with Gasteiger partial charge in [0.2, 0.25) is 5.91 Å². The summed E-state index contributed by atoms with van der Waals surface area (Å²) in [6.45, 7) is 6.89. The number of benzene rings is 1. The number of aryl methyl sites for hydroxylation is 1. The molecule has 2 N–H and O–H groups in total. The molecule has 5 nitrogen and oxygen atoms in total. The zero-order chi connectivity index (χ0) is 16.1. The highest BCUT2D eigenvalue weighted by Crippen LogP contribution is 2.29. The lowest BCUT2D eigenvalue weighted by Gasteiger charge is -2.36. The summed E-state index contributed by atoms with van der Waals surface area (Å²) in [7, 11) is 0. The van der Waals surface area contributed by atoms with E-state index in [1.54, 1.807) is 0 Å². The van der Waals surface area contributed by atoms with Crippen LogP contribution >= 0.6 is 0 Å². The van der Waals surface area contributed by atoms with Crippen molar-refractivity contribution in [2.75, 3.05) is 18.0 Å². The van der Waals surface area contributed by atoms with E-state index in [0.717, 1.165) is 18.5 Å². The summed E-state index contributed by atoms with van der Waals surface area (Å²) in [6.07, 6.45) is 2.05. The van der Waals surface area contributed by atoms with Crippen LogP contribution in [0.2, 0.25) is 0 Å². The van der Waals surface area contributed by atoms with Crippen LogP contribution in [0, 0.1) is 5.92 Å². The van der Waals surface area contributed by atoms with Gasteiger partial charge in [0.05, 0.1) is 6.54 Å². The van der Waals surface area contributed by atoms with Crippen molar-refractivity contribution in [3.05, 3.63) is 29.8 Å². The van der Waals surface area contributed by atoms with Crippen molar-refractivity contribution in [3.63, 3.8) is 0 Å². The van der Waals surface area contributed by atoms with Crippen LogP contribution in [0.15, 0.2) is 24.3 Å². The standard InChI is InChI=1S/C17H25N3O2/c1-12(2)10-18-17(22)19-16(21)11-20-13(3)8-9-14-6-4-5-7-15(14)20/h4-7,12-13H,8-11H2,1-3H3,(H2,18,19,21,22). The van der Waals surface area contributed by atoms with Crippen molar-refractivity contribution in [1.82, 2.24) is 10.6 Å². The van der Waals surface area contributed by atoms with E-state index >= 15 is 0 Å². The number of anilines is 1. The van der Waals surface area contributed by atoms with E-state index in [0.29, 0.717) is 18.5 Å². The van der Waals surface area contributed by atoms with Crippen LogP contribution in [0.3, 0.4) is 0 Å². The molecule has 1 aliphatic heterocycles. The van der Waals surface area contributed by atoms with Crippen molar-refractivity contribution in [2.24, 2.45) is 5.92 Å². The number of nitrogens with one attached hydrogen (secondary N) is 2. The maximum Gasteiger partial charge on any atom is 0.321 e. The minimum Gasteiger partial charge on any atom is -0.359 e. The van der Waals surface area contributed by atoms with Crippen molar-refractivity contribution in [3.8, 4) is 0 Å². The topological polar surface area (TPSA) is 61.4 Å². The highest BCUT2D eigenvalue weighted by molar-refractivity contribution is 5.96. The number of fused-ring (bicyclic) bond motifs is 1. The number of para-hydroxylation sites is 1. The molecule has 1 aromatic carbocycles. The number of amides is 3. The Morgan fingerprint density at radius 1 is 1.32 bits per heavy atom. The summed E-state index contributed by atoms with van der Waals surface area (Å²) in [4.78, 5) is 25.8. The normalized spacial score (nSPS) is 17.1. The van der Waals surface area contributed by atoms with Gasteiger partial charge in [-0.25, -0.2) is 4.79 Å². The molecule has 1 atom stereocenters. The molecule has 0 spiro atoms. The van der Waals surface area contributed by atoms with E-state index in [1.165, 1.54) is 5.56 Å². The van der Waals surface area contributed by atoms with Gasteiger partial charge in [-0.05, 0) is 37.3 Å². The number of carbonyl (C=O) groups excluding carboxylic acids is 2. The Morgan fingerprint density at radius 2 is 2.05 bits per heavy atom. The van der Waals surface area contributed by atoms with Crippen molar-refractivity contribution >= 4 is 17.6 Å². The molecule has 0 radical (unpaired) electrons. The van der Waals surface area contributed by atoms with E-state index in [4.69, 9.17) is 0 Å². The fraction of sp³-hybridized carbons (Fsp3) is 0.529. The molecule has 2 rings (SSSR count). The second-order valence-corrected chi connectivity index (χ2v) is 6.30. The Bertz CT molecular complexity index is 542. The number of hydrogen-bond acceptors (Lipinski definition) is 3. The zero-order valence-corrected chi connectivity index (χ0v) is 13.6. The van der Waals surface area contributed by atoms with E-state index in [-0.39, 0.29) is 12.5 Å². The molecule has 1 aliphatic rings. The van der Waals surface area contributed by atoms with E-state index in [1.807, 2.05) is 32.0 Å². The number of hydrogen-bond donors (Lipinski definition) is 2. The molecule has 0 saturated carbocycles. The lowest BCUT2D eigenvalue weighted by Crippen LogP contribution is -2.48. The van der Waals surface area contributed by atoms with Gasteiger partial charge >= 0.3 is 6.03 Å². The third-order valence-corrected chi connectivity index (χ3v) is 3.90. The lowest BCUT2D eigenvalue weighted by atomic mass is 9.97. The Hall–Kier alpha value is -2.04. The highest BCUT2D eigenvalue weighted by atomic mass is 16.2. The van der Waals surface area contributed by atoms with Gasteiger partial charge in [0.25, 0.3) is 0 Å². The van der Waals surface area contributed by atoms with Gasteiger partial charge in [0.1, 0.15) is 0 Å². The summed E-state index contributed by atoms with van der Waals surface area (Å²) in [5, 5.41) is 5.09. The molecule has 1 aromatic rings. The van der Waals surface area contributed by atoms with Crippen LogP contribution in [0.5, 0.6) is 0 Å². The van der Waals surface area contributed by atoms with Gasteiger partial charge < -0.3 is 10.2 Å². The first-order chi connectivity index (χ1) is 10.5. The Kier molecular flexibility index (Phi) is 5.41. The second kappa shape index (κ2) is 7.29. The van der Waals surface area contributed by atoms with Crippen LogP contribution in [-0.4, -0.2) is 31.1 Å². The van der Waals surface area contributed by atoms with Crippen LogP contribution in [0.4, 0.5) is 10.5 Å². The number of rotatable bonds is 4. The molecule has 0 bridgehead atoms. The minimum atomic E-state index is -0.420. The first-order valence-corrected chi connectivity index (χ1v) is 7.89. The molecule has 5 heteroatoms. The second-order valence-electron chi connectivity index (χ2n) is 6.30. The highest BCUT2D eigenvalue weighted by Gasteiger charge is 2.24. The van der Waals surface area contributed by atoms with Crippen molar-refractivity contribution in [1.29, 1.82) is 0 Å². The number of imide groups is 1. The Balaban J connectivity index is 1.95. The predicted octanol–water partition coefficient (Wildman–Crippen LogP) is 2.31. The predicted molar refractivity (Wildman–Crippen MR) is 88.0 cm³/mol. The summed E-state index contributed by atoms with van der Waals surface area (Å²) in [6, 6.07) is 8.01. The van der Waals surface area contributed by atoms with Crippen molar-refractivity contribution < 1.29 is 9.59 Å². The summed E-state index contributed by atoms with van der Waals surface area (Å²) in [5.74, 6) is 0.0830. The van der Waals surface area contributed by atoms with E-state index in [9.17, 15) is 9.59 Å². The Labute approximate surface area is 132 Å². The SMILES string of the molecule is CC(C)CNC(=O)NC(=O)CN1c2ccccc2CCC1C. The maximum absolute atomic E-state index is 12.1. The lowest BCUT2D eigenvalue weighted by molar-refractivity contribution is -0.118. The van der Waals surface area contributed by atoms with Gasteiger partial charge in [-0.15, -0.1) is 0 Å². The molecule has 1 heterocycles. The van der Waals surface area contributed by atoms with Gasteiger partial charge in [-0.3, -0.25) is 10.1 Å². The number of carbonyl (C=O) groups is 2. The molecular weight excluding hydrogens is 278 g/mol. The van der Waals surface area contributed by atoms with E-state index in [2.05, 4.69) is 28.5 Å². The zero-order valence-electron chi connectivity index (χ0n) is 13.6. The fourth-order valence-corrected chi connectivity index (χ4v) is 2.66. The molecule has 3 amide bonds. The fourth-order valence-electron chi connectivity index (χ4n) is 2.66. The molecule has 1 unspecified atom stereocenters. The molecule has 0 fully saturated rings. The van der Waals surface area contributed by atoms with Gasteiger partial charge in [-0.1, -0.05) is 32.0 Å². The van der Waals surface area contributed by atoms with Crippen molar-refractivity contribution in [2.45, 2.75) is 39.7 Å². The number of urea groups is 1. The largest absolute Gasteiger partial charge is 0.359 e. The van der Waals surface area contributed by atoms with Gasteiger partial charge in [0, 0.05) is 18.3 Å². The quantitative estimate of drug-likeness (QED) is 0.897. The van der Waals surface area contributed by atoms with Crippen LogP contribution in [-0.2, 0) is 11.2 Å². The van der Waals surface area contributed by atoms with Gasteiger partial charge in [-0.2, -0.15) is 0 Å². The minimum absolute atomic E-state index is 0.202. The van der Waals surface area contributed by atoms with E-state index < -0.39 is 6.03 Å². The first-order valence-electron chi connectivity index (χ1n) is 7.89. The van der Waals surface area contributed by atoms with Gasteiger partial charge in [0.15, 0.2) is 0 Å². The third-order valence-electron chi connectivity index (χ3n) is 3.90. The molecule has 0 saturated heterocycles. The average molecular weight is 303 g/mol. The molecule has 0 aliphatic carbocycles. The van der Waals surface area contributed by atoms with Crippen LogP contribution in [0.1, 0.15) is 32.8 Å². The summed E-state index contributed by atoms with van der Waals surface area (Å²) in [5.41, 5.74) is 2.36. The summed E-state index contributed by atoms with van der Waals surface area (Å²) < 4.78 is 0. The molecule has 120 valence electrons. The molecular formula is C17H25N3O2. The third kappa shape index (κ3) is 4.23. The first kappa shape index (κ1) is 16.3. The smallest absolute Gasteiger partial charge is 0.321 e. The average Bonchev–Trinajstić information content (AvgIpc) is 2.48. The Morgan fingerprint density at radius 3 is 2.77 bits per heavy atom. The number of nitrogens with zero attached hydrogens (tertiary/aromatic N) is 1. The monoisotopic (exact) mass is 303 g/mol. The summed E-state index contributed by atoms with van der Waals surface area (Å²) >= 11 is 0. The molecule has 0 aromatic heterocycles. The molecule has 22 heavy (non-hydrogen) atoms.